The molecule has 0 spiro atoms. The van der Waals surface area contributed by atoms with Crippen LogP contribution in [0.1, 0.15) is 12.8 Å². The maximum Gasteiger partial charge on any atom is 0.397 e. The molecule has 0 radical (unpaired) electrons. The van der Waals surface area contributed by atoms with Gasteiger partial charge in [-0.15, -0.1) is 0 Å². The number of aryl methyl sites for hydroxylation is 1. The van der Waals surface area contributed by atoms with Crippen LogP contribution in [0.25, 0.3) is 11.3 Å². The maximum atomic E-state index is 12.5. The quantitative estimate of drug-likeness (QED) is 0.618. The van der Waals surface area contributed by atoms with Gasteiger partial charge in [0.15, 0.2) is 0 Å². The van der Waals surface area contributed by atoms with Gasteiger partial charge in [0, 0.05) is 44.3 Å². The minimum absolute atomic E-state index is 0.00149. The molecule has 166 valence electrons. The van der Waals surface area contributed by atoms with Gasteiger partial charge in [0.1, 0.15) is 12.0 Å². The first-order valence-corrected chi connectivity index (χ1v) is 9.53. The number of carbonyl (C=O) groups excluding carboxylic acids is 1. The van der Waals surface area contributed by atoms with Crippen molar-refractivity contribution in [2.45, 2.75) is 24.6 Å². The van der Waals surface area contributed by atoms with Gasteiger partial charge in [0.2, 0.25) is 11.9 Å². The molecule has 3 aromatic rings. The van der Waals surface area contributed by atoms with Crippen molar-refractivity contribution >= 4 is 17.5 Å². The van der Waals surface area contributed by atoms with E-state index in [1.165, 1.54) is 4.68 Å². The predicted molar refractivity (Wildman–Crippen MR) is 105 cm³/mol. The first kappa shape index (κ1) is 21.3. The Balaban J connectivity index is 1.51. The van der Waals surface area contributed by atoms with Crippen molar-refractivity contribution in [1.82, 2.24) is 34.4 Å². The Kier molecular flexibility index (Phi) is 5.29. The van der Waals surface area contributed by atoms with Gasteiger partial charge in [0.25, 0.3) is 0 Å². The van der Waals surface area contributed by atoms with Gasteiger partial charge in [-0.3, -0.25) is 14.2 Å². The number of carbonyl (C=O) groups is 1. The van der Waals surface area contributed by atoms with E-state index in [2.05, 4.69) is 25.5 Å². The molecular weight excluding hydrogens is 427 g/mol. The van der Waals surface area contributed by atoms with E-state index in [-0.39, 0.29) is 19.5 Å². The summed E-state index contributed by atoms with van der Waals surface area (Å²) in [7, 11) is 1.78. The first-order valence-electron chi connectivity index (χ1n) is 9.53. The number of rotatable bonds is 6. The molecule has 1 amide bonds. The van der Waals surface area contributed by atoms with Crippen LogP contribution in [0.4, 0.5) is 24.8 Å². The zero-order valence-electron chi connectivity index (χ0n) is 16.9. The minimum atomic E-state index is -4.57. The molecule has 1 N–H and O–H groups in total. The number of nitrogens with one attached hydrogen (secondary N) is 1. The third kappa shape index (κ3) is 4.39. The monoisotopic (exact) mass is 445 g/mol. The summed E-state index contributed by atoms with van der Waals surface area (Å²) in [4.78, 5) is 21.6. The molecule has 1 aliphatic rings. The number of aromatic nitrogens is 6. The summed E-state index contributed by atoms with van der Waals surface area (Å²) in [6.07, 6.45) is 2.09. The summed E-state index contributed by atoms with van der Waals surface area (Å²) >= 11 is 0. The molecule has 32 heavy (non-hydrogen) atoms. The van der Waals surface area contributed by atoms with Crippen LogP contribution in [-0.4, -0.2) is 59.6 Å². The molecule has 0 aromatic carbocycles. The third-order valence-corrected chi connectivity index (χ3v) is 5.06. The van der Waals surface area contributed by atoms with Crippen LogP contribution in [0.2, 0.25) is 0 Å². The van der Waals surface area contributed by atoms with Gasteiger partial charge in [-0.1, -0.05) is 0 Å². The highest BCUT2D eigenvalue weighted by Gasteiger charge is 2.49. The number of likely N-dealkylation sites (tertiary alicyclic amines) is 1. The van der Waals surface area contributed by atoms with E-state index in [1.54, 1.807) is 48.8 Å². The minimum Gasteiger partial charge on any atom is -0.337 e. The number of anilines is 2. The fourth-order valence-corrected chi connectivity index (χ4v) is 3.52. The topological polar surface area (TPSA) is 118 Å². The second-order valence-corrected chi connectivity index (χ2v) is 7.57. The highest BCUT2D eigenvalue weighted by atomic mass is 19.4. The van der Waals surface area contributed by atoms with Crippen LogP contribution in [0.15, 0.2) is 37.1 Å². The lowest BCUT2D eigenvalue weighted by Gasteiger charge is -2.49. The molecular formula is C19H18F3N9O. The smallest absolute Gasteiger partial charge is 0.337 e. The van der Waals surface area contributed by atoms with Crippen LogP contribution in [0.3, 0.4) is 0 Å². The van der Waals surface area contributed by atoms with E-state index in [0.717, 1.165) is 4.90 Å². The lowest BCUT2D eigenvalue weighted by Crippen LogP contribution is -2.64. The van der Waals surface area contributed by atoms with Gasteiger partial charge in [-0.05, 0) is 6.07 Å². The largest absolute Gasteiger partial charge is 0.397 e. The van der Waals surface area contributed by atoms with E-state index in [0.29, 0.717) is 22.9 Å². The number of halogens is 3. The number of amides is 1. The van der Waals surface area contributed by atoms with Crippen molar-refractivity contribution in [3.63, 3.8) is 0 Å². The molecule has 0 saturated carbocycles. The van der Waals surface area contributed by atoms with E-state index in [1.807, 2.05) is 6.07 Å². The van der Waals surface area contributed by atoms with Crippen LogP contribution in [0, 0.1) is 11.3 Å². The second-order valence-electron chi connectivity index (χ2n) is 7.57. The number of nitrogens with zero attached hydrogens (tertiary/aromatic N) is 8. The average molecular weight is 445 g/mol. The molecule has 4 heterocycles. The highest BCUT2D eigenvalue weighted by Crippen LogP contribution is 2.35. The Bertz CT molecular complexity index is 1170. The highest BCUT2D eigenvalue weighted by molar-refractivity contribution is 5.78. The van der Waals surface area contributed by atoms with Crippen molar-refractivity contribution in [3.8, 4) is 17.3 Å². The molecule has 10 nitrogen and oxygen atoms in total. The van der Waals surface area contributed by atoms with Gasteiger partial charge in [0.05, 0.1) is 36.3 Å². The molecule has 3 aromatic heterocycles. The van der Waals surface area contributed by atoms with E-state index in [4.69, 9.17) is 0 Å². The SMILES string of the molecule is Cn1cc(Nc2nccc(-c3cnn(C4(CC#N)CN(C(=O)CC(F)(F)F)C4)c3)n2)cn1. The zero-order chi connectivity index (χ0) is 22.9. The Morgan fingerprint density at radius 1 is 1.28 bits per heavy atom. The normalized spacial score (nSPS) is 15.2. The molecule has 0 bridgehead atoms. The van der Waals surface area contributed by atoms with Gasteiger partial charge >= 0.3 is 6.18 Å². The fraction of sp³-hybridized carbons (Fsp3) is 0.368. The molecule has 13 heteroatoms. The maximum absolute atomic E-state index is 12.5. The Morgan fingerprint density at radius 2 is 2.06 bits per heavy atom. The van der Waals surface area contributed by atoms with E-state index < -0.39 is 24.0 Å². The van der Waals surface area contributed by atoms with E-state index >= 15 is 0 Å². The van der Waals surface area contributed by atoms with Crippen molar-refractivity contribution in [2.24, 2.45) is 7.05 Å². The Morgan fingerprint density at radius 3 is 2.72 bits per heavy atom. The molecule has 4 rings (SSSR count). The molecule has 0 aliphatic carbocycles. The fourth-order valence-electron chi connectivity index (χ4n) is 3.52. The third-order valence-electron chi connectivity index (χ3n) is 5.06. The second kappa shape index (κ2) is 7.95. The number of nitriles is 1. The summed E-state index contributed by atoms with van der Waals surface area (Å²) in [6, 6.07) is 3.73. The standard InChI is InChI=1S/C19H18F3N9O/c1-29-10-14(8-25-29)27-17-24-5-2-15(28-17)13-7-26-31(9-13)18(3-4-23)11-30(12-18)16(32)6-19(20,21)22/h2,5,7-10H,3,6,11-12H2,1H3,(H,24,27,28). The predicted octanol–water partition coefficient (Wildman–Crippen LogP) is 2.22. The molecule has 0 atom stereocenters. The summed E-state index contributed by atoms with van der Waals surface area (Å²) < 4.78 is 40.7. The van der Waals surface area contributed by atoms with Crippen molar-refractivity contribution < 1.29 is 18.0 Å². The molecule has 1 aliphatic heterocycles. The van der Waals surface area contributed by atoms with Crippen molar-refractivity contribution in [3.05, 3.63) is 37.1 Å². The van der Waals surface area contributed by atoms with Crippen LogP contribution in [-0.2, 0) is 17.4 Å². The Labute approximate surface area is 180 Å². The summed E-state index contributed by atoms with van der Waals surface area (Å²) in [5.41, 5.74) is 1.04. The molecule has 1 saturated heterocycles. The van der Waals surface area contributed by atoms with Gasteiger partial charge < -0.3 is 10.2 Å². The summed E-state index contributed by atoms with van der Waals surface area (Å²) in [5.74, 6) is -0.664. The molecule has 0 unspecified atom stereocenters. The average Bonchev–Trinajstić information content (AvgIpc) is 3.33. The van der Waals surface area contributed by atoms with Crippen LogP contribution in [0.5, 0.6) is 0 Å². The molecule has 1 fully saturated rings. The summed E-state index contributed by atoms with van der Waals surface area (Å²) in [6.45, 7) is -0.0393. The van der Waals surface area contributed by atoms with Crippen LogP contribution < -0.4 is 5.32 Å². The number of hydrogen-bond donors (Lipinski definition) is 1. The number of hydrogen-bond acceptors (Lipinski definition) is 7. The first-order chi connectivity index (χ1) is 15.2. The summed E-state index contributed by atoms with van der Waals surface area (Å²) in [5, 5.41) is 20.6. The van der Waals surface area contributed by atoms with E-state index in [9.17, 15) is 23.2 Å². The van der Waals surface area contributed by atoms with Crippen molar-refractivity contribution in [2.75, 3.05) is 18.4 Å². The lowest BCUT2D eigenvalue weighted by atomic mass is 9.86. The zero-order valence-corrected chi connectivity index (χ0v) is 16.9. The number of alkyl halides is 3. The van der Waals surface area contributed by atoms with Crippen LogP contribution >= 0.6 is 0 Å². The Hall–Kier alpha value is -3.95. The van der Waals surface area contributed by atoms with Gasteiger partial charge in [-0.25, -0.2) is 9.97 Å². The van der Waals surface area contributed by atoms with Gasteiger partial charge in [-0.2, -0.15) is 28.6 Å². The lowest BCUT2D eigenvalue weighted by molar-refractivity contribution is -0.169. The van der Waals surface area contributed by atoms with Crippen molar-refractivity contribution in [1.29, 1.82) is 5.26 Å².